The normalized spacial score (nSPS) is 10.8. The molecule has 2 rings (SSSR count). The van der Waals surface area contributed by atoms with E-state index in [-0.39, 0.29) is 6.61 Å². The average Bonchev–Trinajstić information content (AvgIpc) is 2.36. The van der Waals surface area contributed by atoms with Crippen LogP contribution >= 0.6 is 0 Å². The van der Waals surface area contributed by atoms with Crippen molar-refractivity contribution in [3.8, 4) is 0 Å². The summed E-state index contributed by atoms with van der Waals surface area (Å²) in [4.78, 5) is 6.43. The fourth-order valence-electron chi connectivity index (χ4n) is 2.11. The number of hydrogen-bond donors (Lipinski definition) is 2. The largest absolute Gasteiger partial charge is 0.398 e. The number of anilines is 2. The highest BCUT2D eigenvalue weighted by Gasteiger charge is 2.08. The number of fused-ring (bicyclic) bond motifs is 1. The van der Waals surface area contributed by atoms with Crippen molar-refractivity contribution in [1.29, 1.82) is 0 Å². The number of pyridine rings is 1. The Balaban J connectivity index is 2.50. The van der Waals surface area contributed by atoms with Crippen LogP contribution in [-0.2, 0) is 0 Å². The second kappa shape index (κ2) is 5.23. The number of aliphatic hydroxyl groups is 1. The summed E-state index contributed by atoms with van der Waals surface area (Å²) >= 11 is 0. The van der Waals surface area contributed by atoms with E-state index in [1.54, 1.807) is 0 Å². The zero-order chi connectivity index (χ0) is 13.1. The van der Waals surface area contributed by atoms with Crippen LogP contribution in [0.1, 0.15) is 12.1 Å². The van der Waals surface area contributed by atoms with Crippen molar-refractivity contribution in [3.63, 3.8) is 0 Å². The lowest BCUT2D eigenvalue weighted by Gasteiger charge is -2.21. The molecule has 0 saturated carbocycles. The van der Waals surface area contributed by atoms with Gasteiger partial charge in [0.05, 0.1) is 0 Å². The number of nitrogens with two attached hydrogens (primary N) is 1. The molecule has 0 aliphatic heterocycles. The van der Waals surface area contributed by atoms with Crippen LogP contribution in [0.25, 0.3) is 10.8 Å². The molecular weight excluding hydrogens is 226 g/mol. The number of aryl methyl sites for hydroxylation is 1. The van der Waals surface area contributed by atoms with E-state index < -0.39 is 0 Å². The molecule has 96 valence electrons. The van der Waals surface area contributed by atoms with Gasteiger partial charge in [-0.25, -0.2) is 0 Å². The summed E-state index contributed by atoms with van der Waals surface area (Å²) in [6.07, 6.45) is 2.58. The molecule has 0 unspecified atom stereocenters. The maximum atomic E-state index is 8.91. The molecule has 1 aromatic carbocycles. The van der Waals surface area contributed by atoms with Gasteiger partial charge in [-0.05, 0) is 31.5 Å². The predicted molar refractivity (Wildman–Crippen MR) is 75.9 cm³/mol. The van der Waals surface area contributed by atoms with Crippen LogP contribution in [0.15, 0.2) is 24.4 Å². The number of hydrogen-bond acceptors (Lipinski definition) is 4. The van der Waals surface area contributed by atoms with Crippen LogP contribution in [-0.4, -0.2) is 30.3 Å². The van der Waals surface area contributed by atoms with Crippen molar-refractivity contribution in [3.05, 3.63) is 30.1 Å². The maximum Gasteiger partial charge on any atom is 0.0447 e. The Morgan fingerprint density at radius 3 is 2.83 bits per heavy atom. The van der Waals surface area contributed by atoms with Crippen molar-refractivity contribution in [1.82, 2.24) is 4.98 Å². The van der Waals surface area contributed by atoms with Crippen molar-refractivity contribution >= 4 is 22.1 Å². The molecule has 18 heavy (non-hydrogen) atoms. The van der Waals surface area contributed by atoms with Gasteiger partial charge in [-0.1, -0.05) is 0 Å². The van der Waals surface area contributed by atoms with Gasteiger partial charge in [-0.2, -0.15) is 0 Å². The third-order valence-electron chi connectivity index (χ3n) is 3.11. The van der Waals surface area contributed by atoms with Gasteiger partial charge in [-0.3, -0.25) is 4.98 Å². The molecule has 0 amide bonds. The van der Waals surface area contributed by atoms with Gasteiger partial charge >= 0.3 is 0 Å². The third-order valence-corrected chi connectivity index (χ3v) is 3.11. The molecular formula is C14H19N3O. The average molecular weight is 245 g/mol. The highest BCUT2D eigenvalue weighted by Crippen LogP contribution is 2.30. The van der Waals surface area contributed by atoms with E-state index in [1.165, 1.54) is 0 Å². The summed E-state index contributed by atoms with van der Waals surface area (Å²) in [6, 6.07) is 5.98. The van der Waals surface area contributed by atoms with Crippen LogP contribution in [0, 0.1) is 6.92 Å². The Morgan fingerprint density at radius 1 is 1.33 bits per heavy atom. The molecule has 1 heterocycles. The molecule has 0 aliphatic carbocycles. The Kier molecular flexibility index (Phi) is 3.67. The van der Waals surface area contributed by atoms with E-state index in [0.717, 1.165) is 40.8 Å². The highest BCUT2D eigenvalue weighted by molar-refractivity contribution is 6.01. The molecule has 3 N–H and O–H groups in total. The summed E-state index contributed by atoms with van der Waals surface area (Å²) in [5.41, 5.74) is 8.82. The fraction of sp³-hybridized carbons (Fsp3) is 0.357. The topological polar surface area (TPSA) is 62.4 Å². The van der Waals surface area contributed by atoms with E-state index in [1.807, 2.05) is 32.3 Å². The summed E-state index contributed by atoms with van der Waals surface area (Å²) in [5.74, 6) is 0. The van der Waals surface area contributed by atoms with E-state index in [9.17, 15) is 0 Å². The molecule has 4 heteroatoms. The van der Waals surface area contributed by atoms with Crippen molar-refractivity contribution in [2.75, 3.05) is 30.8 Å². The molecule has 0 atom stereocenters. The smallest absolute Gasteiger partial charge is 0.0447 e. The van der Waals surface area contributed by atoms with Gasteiger partial charge in [0, 0.05) is 54.2 Å². The summed E-state index contributed by atoms with van der Waals surface area (Å²) in [7, 11) is 2.02. The Hall–Kier alpha value is -1.81. The van der Waals surface area contributed by atoms with Gasteiger partial charge in [0.15, 0.2) is 0 Å². The summed E-state index contributed by atoms with van der Waals surface area (Å²) in [5, 5.41) is 11.0. The van der Waals surface area contributed by atoms with Crippen LogP contribution in [0.2, 0.25) is 0 Å². The van der Waals surface area contributed by atoms with Gasteiger partial charge in [0.25, 0.3) is 0 Å². The van der Waals surface area contributed by atoms with Crippen molar-refractivity contribution in [2.24, 2.45) is 0 Å². The zero-order valence-electron chi connectivity index (χ0n) is 10.8. The molecule has 4 nitrogen and oxygen atoms in total. The lowest BCUT2D eigenvalue weighted by Crippen LogP contribution is -2.19. The summed E-state index contributed by atoms with van der Waals surface area (Å²) < 4.78 is 0. The molecule has 0 bridgehead atoms. The second-order valence-corrected chi connectivity index (χ2v) is 4.54. The summed E-state index contributed by atoms with van der Waals surface area (Å²) in [6.45, 7) is 2.99. The fourth-order valence-corrected chi connectivity index (χ4v) is 2.11. The number of nitrogen functional groups attached to an aromatic ring is 1. The first-order valence-electron chi connectivity index (χ1n) is 6.10. The number of nitrogens with zero attached hydrogens (tertiary/aromatic N) is 2. The van der Waals surface area contributed by atoms with Gasteiger partial charge in [0.2, 0.25) is 0 Å². The predicted octanol–water partition coefficient (Wildman–Crippen LogP) is 1.94. The van der Waals surface area contributed by atoms with Gasteiger partial charge < -0.3 is 15.7 Å². The number of rotatable bonds is 4. The minimum absolute atomic E-state index is 0.206. The van der Waals surface area contributed by atoms with Crippen molar-refractivity contribution in [2.45, 2.75) is 13.3 Å². The van der Waals surface area contributed by atoms with Crippen LogP contribution in [0.3, 0.4) is 0 Å². The van der Waals surface area contributed by atoms with Gasteiger partial charge in [0.1, 0.15) is 0 Å². The molecule has 1 aromatic heterocycles. The van der Waals surface area contributed by atoms with Crippen molar-refractivity contribution < 1.29 is 5.11 Å². The Bertz CT molecular complexity index is 554. The first-order chi connectivity index (χ1) is 8.63. The van der Waals surface area contributed by atoms with E-state index in [4.69, 9.17) is 10.8 Å². The van der Waals surface area contributed by atoms with Gasteiger partial charge in [-0.15, -0.1) is 0 Å². The Labute approximate surface area is 107 Å². The first kappa shape index (κ1) is 12.6. The number of benzene rings is 1. The van der Waals surface area contributed by atoms with E-state index in [0.29, 0.717) is 0 Å². The standard InChI is InChI=1S/C14H19N3O/c1-10-8-11-12(9-16-10)13(15)4-5-14(11)17(2)6-3-7-18/h4-5,8-9,18H,3,6-7,15H2,1-2H3. The maximum absolute atomic E-state index is 8.91. The first-order valence-corrected chi connectivity index (χ1v) is 6.10. The molecule has 0 spiro atoms. The van der Waals surface area contributed by atoms with E-state index >= 15 is 0 Å². The quantitative estimate of drug-likeness (QED) is 0.808. The number of aromatic nitrogens is 1. The SMILES string of the molecule is Cc1cc2c(N(C)CCCO)ccc(N)c2cn1. The van der Waals surface area contributed by atoms with Crippen LogP contribution in [0.5, 0.6) is 0 Å². The third kappa shape index (κ3) is 2.38. The monoisotopic (exact) mass is 245 g/mol. The lowest BCUT2D eigenvalue weighted by molar-refractivity contribution is 0.290. The lowest BCUT2D eigenvalue weighted by atomic mass is 10.1. The molecule has 2 aromatic rings. The second-order valence-electron chi connectivity index (χ2n) is 4.54. The number of aliphatic hydroxyl groups excluding tert-OH is 1. The Morgan fingerprint density at radius 2 is 2.11 bits per heavy atom. The zero-order valence-corrected chi connectivity index (χ0v) is 10.8. The van der Waals surface area contributed by atoms with Crippen LogP contribution < -0.4 is 10.6 Å². The molecule has 0 aliphatic rings. The van der Waals surface area contributed by atoms with Crippen LogP contribution in [0.4, 0.5) is 11.4 Å². The molecule has 0 radical (unpaired) electrons. The molecule has 0 fully saturated rings. The minimum Gasteiger partial charge on any atom is -0.398 e. The highest BCUT2D eigenvalue weighted by atomic mass is 16.3. The van der Waals surface area contributed by atoms with E-state index in [2.05, 4.69) is 16.0 Å². The molecule has 0 saturated heterocycles. The minimum atomic E-state index is 0.206.